The number of hydrogen-bond donors (Lipinski definition) is 1. The van der Waals surface area contributed by atoms with Crippen LogP contribution in [-0.4, -0.2) is 28.1 Å². The second-order valence-electron chi connectivity index (χ2n) is 7.52. The molecule has 0 bridgehead atoms. The molecule has 12 heteroatoms. The Morgan fingerprint density at radius 1 is 1.09 bits per heavy atom. The molecule has 0 saturated heterocycles. The van der Waals surface area contributed by atoms with Crippen LogP contribution in [0.2, 0.25) is 0 Å². The molecule has 1 aromatic heterocycles. The van der Waals surface area contributed by atoms with Crippen LogP contribution in [0.25, 0.3) is 11.4 Å². The van der Waals surface area contributed by atoms with Crippen LogP contribution in [-0.2, 0) is 23.0 Å². The number of nitro groups is 1. The maximum Gasteiger partial charge on any atom is 0.273 e. The summed E-state index contributed by atoms with van der Waals surface area (Å²) in [6.45, 7) is 2.04. The van der Waals surface area contributed by atoms with Gasteiger partial charge in [0.05, 0.1) is 21.1 Å². The van der Waals surface area contributed by atoms with Gasteiger partial charge in [-0.3, -0.25) is 14.8 Å². The summed E-state index contributed by atoms with van der Waals surface area (Å²) in [5.41, 5.74) is -0.716. The highest BCUT2D eigenvalue weighted by Crippen LogP contribution is 2.31. The molecule has 1 aliphatic heterocycles. The molecule has 1 aliphatic rings. The monoisotopic (exact) mass is 463 g/mol. The van der Waals surface area contributed by atoms with Crippen LogP contribution >= 0.6 is 0 Å². The zero-order chi connectivity index (χ0) is 23.0. The summed E-state index contributed by atoms with van der Waals surface area (Å²) < 4.78 is 58.5. The Morgan fingerprint density at radius 3 is 2.62 bits per heavy atom. The number of hydrogen-bond acceptors (Lipinski definition) is 6. The van der Waals surface area contributed by atoms with Crippen molar-refractivity contribution in [1.82, 2.24) is 14.8 Å². The molecular weight excluding hydrogens is 444 g/mol. The van der Waals surface area contributed by atoms with Gasteiger partial charge in [0.2, 0.25) is 0 Å². The highest BCUT2D eigenvalue weighted by atomic mass is 32.2. The zero-order valence-corrected chi connectivity index (χ0v) is 17.8. The lowest BCUT2D eigenvalue weighted by Gasteiger charge is -2.13. The lowest BCUT2D eigenvalue weighted by Crippen LogP contribution is -2.15. The minimum absolute atomic E-state index is 0.0976. The van der Waals surface area contributed by atoms with E-state index in [4.69, 9.17) is 0 Å². The van der Waals surface area contributed by atoms with Gasteiger partial charge in [-0.05, 0) is 31.9 Å². The van der Waals surface area contributed by atoms with Crippen LogP contribution < -0.4 is 4.72 Å². The van der Waals surface area contributed by atoms with Crippen molar-refractivity contribution in [1.29, 1.82) is 0 Å². The Kier molecular flexibility index (Phi) is 5.63. The number of aryl methyl sites for hydroxylation is 2. The van der Waals surface area contributed by atoms with Crippen molar-refractivity contribution < 1.29 is 22.1 Å². The number of nitrogens with zero attached hydrogens (tertiary/aromatic N) is 4. The third-order valence-corrected chi connectivity index (χ3v) is 6.70. The number of sulfonamides is 1. The summed E-state index contributed by atoms with van der Waals surface area (Å²) in [5.74, 6) is -1.16. The van der Waals surface area contributed by atoms with E-state index in [-0.39, 0.29) is 22.6 Å². The lowest BCUT2D eigenvalue weighted by molar-refractivity contribution is -0.385. The highest BCUT2D eigenvalue weighted by Gasteiger charge is 2.24. The molecule has 9 nitrogen and oxygen atoms in total. The summed E-state index contributed by atoms with van der Waals surface area (Å²) >= 11 is 0. The maximum absolute atomic E-state index is 14.6. The fourth-order valence-electron chi connectivity index (χ4n) is 3.64. The average Bonchev–Trinajstić information content (AvgIpc) is 2.97. The molecule has 0 aliphatic carbocycles. The summed E-state index contributed by atoms with van der Waals surface area (Å²) in [6, 6.07) is 4.94. The largest absolute Gasteiger partial charge is 0.311 e. The molecule has 168 valence electrons. The van der Waals surface area contributed by atoms with Crippen molar-refractivity contribution in [2.45, 2.75) is 44.0 Å². The normalized spacial score (nSPS) is 14.0. The molecule has 3 aromatic rings. The molecule has 2 heterocycles. The number of anilines is 1. The standard InChI is InChI=1S/C20H19F2N5O4S/c1-12-6-7-13(9-18(12)27(28)29)32(30,31)25-17-10-14(15(21)11-16(17)22)20-24-23-19-5-3-2-4-8-26(19)20/h6-7,9-11,25H,2-5,8H2,1H3. The van der Waals surface area contributed by atoms with E-state index in [0.29, 0.717) is 24.9 Å². The van der Waals surface area contributed by atoms with Crippen LogP contribution in [0.5, 0.6) is 0 Å². The first kappa shape index (κ1) is 21.8. The third-order valence-electron chi connectivity index (χ3n) is 5.34. The van der Waals surface area contributed by atoms with E-state index in [9.17, 15) is 27.3 Å². The van der Waals surface area contributed by atoms with Gasteiger partial charge >= 0.3 is 0 Å². The van der Waals surface area contributed by atoms with Gasteiger partial charge in [0, 0.05) is 30.7 Å². The van der Waals surface area contributed by atoms with Crippen LogP contribution in [0, 0.1) is 28.7 Å². The summed E-state index contributed by atoms with van der Waals surface area (Å²) in [5, 5.41) is 19.3. The van der Waals surface area contributed by atoms with Crippen molar-refractivity contribution in [3.05, 3.63) is 63.5 Å². The van der Waals surface area contributed by atoms with E-state index in [1.165, 1.54) is 19.1 Å². The van der Waals surface area contributed by atoms with Gasteiger partial charge in [0.25, 0.3) is 15.7 Å². The Labute approximate surface area is 182 Å². The van der Waals surface area contributed by atoms with Crippen molar-refractivity contribution in [2.24, 2.45) is 0 Å². The third kappa shape index (κ3) is 4.05. The number of nitro benzene ring substituents is 1. The fourth-order valence-corrected chi connectivity index (χ4v) is 4.72. The van der Waals surface area contributed by atoms with E-state index in [1.54, 1.807) is 4.57 Å². The van der Waals surface area contributed by atoms with Crippen LogP contribution in [0.4, 0.5) is 20.2 Å². The summed E-state index contributed by atoms with van der Waals surface area (Å²) in [6.07, 6.45) is 3.45. The van der Waals surface area contributed by atoms with Gasteiger partial charge < -0.3 is 4.57 Å². The molecule has 0 spiro atoms. The van der Waals surface area contributed by atoms with Crippen molar-refractivity contribution in [2.75, 3.05) is 4.72 Å². The molecule has 32 heavy (non-hydrogen) atoms. The minimum Gasteiger partial charge on any atom is -0.311 e. The topological polar surface area (TPSA) is 120 Å². The van der Waals surface area contributed by atoms with Gasteiger partial charge in [-0.25, -0.2) is 17.2 Å². The summed E-state index contributed by atoms with van der Waals surface area (Å²) in [4.78, 5) is 10.0. The smallest absolute Gasteiger partial charge is 0.273 e. The molecule has 0 atom stereocenters. The first-order valence-corrected chi connectivity index (χ1v) is 11.3. The molecule has 4 rings (SSSR count). The first-order valence-electron chi connectivity index (χ1n) is 9.87. The summed E-state index contributed by atoms with van der Waals surface area (Å²) in [7, 11) is -4.39. The molecule has 0 amide bonds. The SMILES string of the molecule is Cc1ccc(S(=O)(=O)Nc2cc(-c3nnc4n3CCCCC4)c(F)cc2F)cc1[N+](=O)[O-]. The van der Waals surface area contributed by atoms with Gasteiger partial charge in [-0.15, -0.1) is 10.2 Å². The van der Waals surface area contributed by atoms with Gasteiger partial charge in [-0.2, -0.15) is 0 Å². The van der Waals surface area contributed by atoms with E-state index < -0.39 is 37.2 Å². The van der Waals surface area contributed by atoms with E-state index in [1.807, 2.05) is 0 Å². The van der Waals surface area contributed by atoms with Crippen molar-refractivity contribution >= 4 is 21.4 Å². The molecule has 1 N–H and O–H groups in total. The highest BCUT2D eigenvalue weighted by molar-refractivity contribution is 7.92. The minimum atomic E-state index is -4.39. The van der Waals surface area contributed by atoms with E-state index in [2.05, 4.69) is 14.9 Å². The molecular formula is C20H19F2N5O4S. The second kappa shape index (κ2) is 8.26. The molecule has 0 radical (unpaired) electrons. The molecule has 0 fully saturated rings. The number of halogens is 2. The van der Waals surface area contributed by atoms with Crippen LogP contribution in [0.3, 0.4) is 0 Å². The first-order chi connectivity index (χ1) is 15.2. The Bertz CT molecular complexity index is 1320. The lowest BCUT2D eigenvalue weighted by atomic mass is 10.1. The fraction of sp³-hybridized carbons (Fsp3) is 0.300. The van der Waals surface area contributed by atoms with Crippen LogP contribution in [0.1, 0.15) is 30.7 Å². The maximum atomic E-state index is 14.6. The number of rotatable bonds is 5. The van der Waals surface area contributed by atoms with E-state index in [0.717, 1.165) is 31.4 Å². The molecule has 2 aromatic carbocycles. The molecule has 0 saturated carbocycles. The Hall–Kier alpha value is -3.41. The average molecular weight is 463 g/mol. The number of benzene rings is 2. The van der Waals surface area contributed by atoms with Crippen LogP contribution in [0.15, 0.2) is 35.2 Å². The number of nitrogens with one attached hydrogen (secondary N) is 1. The van der Waals surface area contributed by atoms with Gasteiger partial charge in [0.15, 0.2) is 5.82 Å². The Morgan fingerprint density at radius 2 is 1.88 bits per heavy atom. The second-order valence-corrected chi connectivity index (χ2v) is 9.21. The predicted octanol–water partition coefficient (Wildman–Crippen LogP) is 3.97. The molecule has 0 unspecified atom stereocenters. The number of fused-ring (bicyclic) bond motifs is 1. The van der Waals surface area contributed by atoms with Gasteiger partial charge in [0.1, 0.15) is 17.5 Å². The predicted molar refractivity (Wildman–Crippen MR) is 112 cm³/mol. The van der Waals surface area contributed by atoms with Gasteiger partial charge in [-0.1, -0.05) is 12.5 Å². The quantitative estimate of drug-likeness (QED) is 0.452. The van der Waals surface area contributed by atoms with Crippen molar-refractivity contribution in [3.8, 4) is 11.4 Å². The van der Waals surface area contributed by atoms with Crippen molar-refractivity contribution in [3.63, 3.8) is 0 Å². The Balaban J connectivity index is 1.74. The number of aromatic nitrogens is 3. The van der Waals surface area contributed by atoms with E-state index >= 15 is 0 Å². The zero-order valence-electron chi connectivity index (χ0n) is 17.0.